The molecule has 2 aromatic rings. The molecule has 0 unspecified atom stereocenters. The monoisotopic (exact) mass is 340 g/mol. The lowest BCUT2D eigenvalue weighted by molar-refractivity contribution is -0.384. The molecular formula is C19H20N2O4. The first-order valence-corrected chi connectivity index (χ1v) is 8.45. The number of carbonyl (C=O) groups excluding carboxylic acids is 1. The van der Waals surface area contributed by atoms with Crippen LogP contribution in [-0.4, -0.2) is 16.9 Å². The second kappa shape index (κ2) is 7.79. The number of nitrogens with zero attached hydrogens (tertiary/aromatic N) is 1. The van der Waals surface area contributed by atoms with Crippen LogP contribution in [-0.2, 0) is 4.79 Å². The molecule has 1 heterocycles. The average molecular weight is 340 g/mol. The molecular weight excluding hydrogens is 320 g/mol. The molecule has 130 valence electrons. The van der Waals surface area contributed by atoms with Crippen molar-refractivity contribution in [2.45, 2.75) is 38.1 Å². The van der Waals surface area contributed by atoms with Crippen molar-refractivity contribution in [2.75, 3.05) is 0 Å². The zero-order valence-corrected chi connectivity index (χ0v) is 13.8. The second-order valence-corrected chi connectivity index (χ2v) is 6.19. The van der Waals surface area contributed by atoms with Crippen molar-refractivity contribution in [1.29, 1.82) is 0 Å². The van der Waals surface area contributed by atoms with Gasteiger partial charge in [-0.3, -0.25) is 14.9 Å². The number of non-ortho nitro benzene ring substituents is 1. The summed E-state index contributed by atoms with van der Waals surface area (Å²) in [7, 11) is 0. The normalized spacial score (nSPS) is 15.4. The molecule has 0 bridgehead atoms. The number of rotatable bonds is 5. The maximum Gasteiger partial charge on any atom is 0.270 e. The van der Waals surface area contributed by atoms with Gasteiger partial charge in [-0.2, -0.15) is 0 Å². The Balaban J connectivity index is 1.64. The van der Waals surface area contributed by atoms with Gasteiger partial charge >= 0.3 is 0 Å². The van der Waals surface area contributed by atoms with Crippen LogP contribution in [0.25, 0.3) is 17.4 Å². The SMILES string of the molecule is O=C(/C=C/c1ccc(-c2cccc([N+](=O)[O-])c2)o1)NC1CCCCC1. The van der Waals surface area contributed by atoms with Gasteiger partial charge in [0.1, 0.15) is 11.5 Å². The van der Waals surface area contributed by atoms with E-state index in [9.17, 15) is 14.9 Å². The van der Waals surface area contributed by atoms with Crippen LogP contribution in [0.1, 0.15) is 37.9 Å². The van der Waals surface area contributed by atoms with Gasteiger partial charge in [0.25, 0.3) is 5.69 Å². The molecule has 1 fully saturated rings. The van der Waals surface area contributed by atoms with E-state index in [1.807, 2.05) is 0 Å². The summed E-state index contributed by atoms with van der Waals surface area (Å²) in [5.41, 5.74) is 0.637. The Morgan fingerprint density at radius 3 is 2.76 bits per heavy atom. The number of nitro groups is 1. The molecule has 0 radical (unpaired) electrons. The van der Waals surface area contributed by atoms with Crippen molar-refractivity contribution in [3.05, 3.63) is 58.3 Å². The number of hydrogen-bond acceptors (Lipinski definition) is 4. The Morgan fingerprint density at radius 1 is 1.20 bits per heavy atom. The highest BCUT2D eigenvalue weighted by Crippen LogP contribution is 2.26. The molecule has 0 atom stereocenters. The van der Waals surface area contributed by atoms with E-state index in [0.717, 1.165) is 12.8 Å². The number of benzene rings is 1. The number of amides is 1. The zero-order chi connectivity index (χ0) is 17.6. The summed E-state index contributed by atoms with van der Waals surface area (Å²) in [6.07, 6.45) is 8.73. The predicted octanol–water partition coefficient (Wildman–Crippen LogP) is 4.32. The maximum atomic E-state index is 12.0. The minimum Gasteiger partial charge on any atom is -0.457 e. The van der Waals surface area contributed by atoms with Gasteiger partial charge < -0.3 is 9.73 Å². The molecule has 25 heavy (non-hydrogen) atoms. The van der Waals surface area contributed by atoms with E-state index >= 15 is 0 Å². The Kier molecular flexibility index (Phi) is 5.28. The van der Waals surface area contributed by atoms with Crippen LogP contribution < -0.4 is 5.32 Å². The van der Waals surface area contributed by atoms with Crippen LogP contribution in [0.2, 0.25) is 0 Å². The molecule has 1 amide bonds. The Labute approximate surface area is 145 Å². The fraction of sp³-hybridized carbons (Fsp3) is 0.316. The molecule has 1 aliphatic carbocycles. The molecule has 1 saturated carbocycles. The highest BCUT2D eigenvalue weighted by atomic mass is 16.6. The summed E-state index contributed by atoms with van der Waals surface area (Å²) in [4.78, 5) is 22.4. The smallest absolute Gasteiger partial charge is 0.270 e. The summed E-state index contributed by atoms with van der Waals surface area (Å²) >= 11 is 0. The van der Waals surface area contributed by atoms with Crippen molar-refractivity contribution >= 4 is 17.7 Å². The molecule has 1 N–H and O–H groups in total. The van der Waals surface area contributed by atoms with E-state index in [0.29, 0.717) is 17.1 Å². The van der Waals surface area contributed by atoms with E-state index in [-0.39, 0.29) is 17.6 Å². The highest BCUT2D eigenvalue weighted by molar-refractivity contribution is 5.91. The first-order valence-electron chi connectivity index (χ1n) is 8.45. The number of hydrogen-bond donors (Lipinski definition) is 1. The highest BCUT2D eigenvalue weighted by Gasteiger charge is 2.14. The lowest BCUT2D eigenvalue weighted by atomic mass is 9.95. The van der Waals surface area contributed by atoms with Crippen LogP contribution >= 0.6 is 0 Å². The van der Waals surface area contributed by atoms with E-state index in [4.69, 9.17) is 4.42 Å². The Morgan fingerprint density at radius 2 is 2.00 bits per heavy atom. The van der Waals surface area contributed by atoms with Crippen LogP contribution in [0.4, 0.5) is 5.69 Å². The molecule has 6 nitrogen and oxygen atoms in total. The van der Waals surface area contributed by atoms with Gasteiger partial charge in [0.2, 0.25) is 5.91 Å². The van der Waals surface area contributed by atoms with Crippen molar-refractivity contribution in [1.82, 2.24) is 5.32 Å². The van der Waals surface area contributed by atoms with E-state index in [1.165, 1.54) is 37.5 Å². The number of furan rings is 1. The third-order valence-electron chi connectivity index (χ3n) is 4.32. The second-order valence-electron chi connectivity index (χ2n) is 6.19. The largest absolute Gasteiger partial charge is 0.457 e. The number of nitro benzene ring substituents is 1. The number of nitrogens with one attached hydrogen (secondary N) is 1. The van der Waals surface area contributed by atoms with Crippen molar-refractivity contribution < 1.29 is 14.1 Å². The zero-order valence-electron chi connectivity index (χ0n) is 13.8. The molecule has 1 aromatic heterocycles. The van der Waals surface area contributed by atoms with Gasteiger partial charge in [-0.25, -0.2) is 0 Å². The molecule has 0 saturated heterocycles. The van der Waals surface area contributed by atoms with Gasteiger partial charge in [-0.05, 0) is 31.1 Å². The molecule has 0 spiro atoms. The minimum absolute atomic E-state index is 0.0119. The fourth-order valence-electron chi connectivity index (χ4n) is 3.02. The van der Waals surface area contributed by atoms with Crippen LogP contribution in [0.3, 0.4) is 0 Å². The fourth-order valence-corrected chi connectivity index (χ4v) is 3.02. The quantitative estimate of drug-likeness (QED) is 0.499. The van der Waals surface area contributed by atoms with Gasteiger partial charge in [-0.15, -0.1) is 0 Å². The van der Waals surface area contributed by atoms with Crippen LogP contribution in [0.5, 0.6) is 0 Å². The molecule has 1 aliphatic rings. The van der Waals surface area contributed by atoms with Gasteiger partial charge in [-0.1, -0.05) is 31.4 Å². The van der Waals surface area contributed by atoms with Crippen LogP contribution in [0, 0.1) is 10.1 Å². The maximum absolute atomic E-state index is 12.0. The van der Waals surface area contributed by atoms with Gasteiger partial charge in [0, 0.05) is 29.8 Å². The summed E-state index contributed by atoms with van der Waals surface area (Å²) in [5.74, 6) is 0.927. The first-order chi connectivity index (χ1) is 12.1. The standard InChI is InChI=1S/C19H20N2O4/c22-19(20-15-6-2-1-3-7-15)12-10-17-9-11-18(25-17)14-5-4-8-16(13-14)21(23)24/h4-5,8-13,15H,1-3,6-7H2,(H,20,22)/b12-10+. The lowest BCUT2D eigenvalue weighted by Gasteiger charge is -2.21. The third-order valence-corrected chi connectivity index (χ3v) is 4.32. The van der Waals surface area contributed by atoms with Gasteiger partial charge in [0.15, 0.2) is 0 Å². The average Bonchev–Trinajstić information content (AvgIpc) is 3.10. The van der Waals surface area contributed by atoms with Crippen molar-refractivity contribution in [2.24, 2.45) is 0 Å². The Hall–Kier alpha value is -2.89. The summed E-state index contributed by atoms with van der Waals surface area (Å²) in [6, 6.07) is 9.99. The van der Waals surface area contributed by atoms with Crippen LogP contribution in [0.15, 0.2) is 46.9 Å². The minimum atomic E-state index is -0.442. The van der Waals surface area contributed by atoms with Crippen molar-refractivity contribution in [3.8, 4) is 11.3 Å². The Bertz CT molecular complexity index is 788. The summed E-state index contributed by atoms with van der Waals surface area (Å²) in [5, 5.41) is 13.9. The molecule has 3 rings (SSSR count). The lowest BCUT2D eigenvalue weighted by Crippen LogP contribution is -2.34. The van der Waals surface area contributed by atoms with Crippen molar-refractivity contribution in [3.63, 3.8) is 0 Å². The third kappa shape index (κ3) is 4.56. The van der Waals surface area contributed by atoms with E-state index in [2.05, 4.69) is 5.32 Å². The predicted molar refractivity (Wildman–Crippen MR) is 94.8 cm³/mol. The first kappa shape index (κ1) is 17.0. The van der Waals surface area contributed by atoms with Gasteiger partial charge in [0.05, 0.1) is 4.92 Å². The summed E-state index contributed by atoms with van der Waals surface area (Å²) < 4.78 is 5.66. The van der Waals surface area contributed by atoms with E-state index < -0.39 is 4.92 Å². The summed E-state index contributed by atoms with van der Waals surface area (Å²) in [6.45, 7) is 0. The molecule has 1 aromatic carbocycles. The topological polar surface area (TPSA) is 85.4 Å². The van der Waals surface area contributed by atoms with E-state index in [1.54, 1.807) is 30.3 Å². The number of carbonyl (C=O) groups is 1. The molecule has 0 aliphatic heterocycles. The molecule has 6 heteroatoms.